The van der Waals surface area contributed by atoms with Gasteiger partial charge in [0.1, 0.15) is 0 Å². The minimum atomic E-state index is -0.890. The highest BCUT2D eigenvalue weighted by Gasteiger charge is 2.30. The fourth-order valence-corrected chi connectivity index (χ4v) is 2.74. The standard InChI is InChI=1S/C12H22N2O4/c15-9-11-8-14(12(16)17)4-3-13(11)7-10-1-5-18-6-2-10/h10-11,15H,1-9H2,(H,16,17)/t11-/m1/s1. The SMILES string of the molecule is O=C(O)N1CCN(CC2CCOCC2)[C@@H](CO)C1. The zero-order valence-electron chi connectivity index (χ0n) is 10.6. The molecule has 0 radical (unpaired) electrons. The van der Waals surface area contributed by atoms with Crippen LogP contribution in [0.15, 0.2) is 0 Å². The molecule has 0 saturated carbocycles. The monoisotopic (exact) mass is 258 g/mol. The number of ether oxygens (including phenoxy) is 1. The molecule has 104 valence electrons. The van der Waals surface area contributed by atoms with Gasteiger partial charge in [0, 0.05) is 39.4 Å². The second kappa shape index (κ2) is 6.36. The van der Waals surface area contributed by atoms with Crippen molar-refractivity contribution in [2.24, 2.45) is 5.92 Å². The first kappa shape index (κ1) is 13.6. The Morgan fingerprint density at radius 2 is 2.00 bits per heavy atom. The van der Waals surface area contributed by atoms with Crippen molar-refractivity contribution in [1.82, 2.24) is 9.80 Å². The molecule has 2 heterocycles. The molecule has 2 aliphatic heterocycles. The van der Waals surface area contributed by atoms with Gasteiger partial charge < -0.3 is 19.8 Å². The van der Waals surface area contributed by atoms with E-state index in [1.807, 2.05) is 0 Å². The summed E-state index contributed by atoms with van der Waals surface area (Å²) in [5.74, 6) is 0.615. The number of hydrogen-bond acceptors (Lipinski definition) is 4. The van der Waals surface area contributed by atoms with Crippen molar-refractivity contribution >= 4 is 6.09 Å². The Morgan fingerprint density at radius 3 is 2.61 bits per heavy atom. The summed E-state index contributed by atoms with van der Waals surface area (Å²) in [5.41, 5.74) is 0. The smallest absolute Gasteiger partial charge is 0.407 e. The highest BCUT2D eigenvalue weighted by atomic mass is 16.5. The van der Waals surface area contributed by atoms with E-state index in [1.165, 1.54) is 4.90 Å². The van der Waals surface area contributed by atoms with Crippen molar-refractivity contribution in [3.05, 3.63) is 0 Å². The van der Waals surface area contributed by atoms with E-state index in [9.17, 15) is 9.90 Å². The summed E-state index contributed by atoms with van der Waals surface area (Å²) in [5, 5.41) is 18.4. The summed E-state index contributed by atoms with van der Waals surface area (Å²) in [4.78, 5) is 14.5. The zero-order valence-corrected chi connectivity index (χ0v) is 10.6. The molecule has 2 rings (SSSR count). The number of carboxylic acid groups (broad SMARTS) is 1. The van der Waals surface area contributed by atoms with E-state index in [4.69, 9.17) is 9.84 Å². The van der Waals surface area contributed by atoms with E-state index in [-0.39, 0.29) is 12.6 Å². The number of aliphatic hydroxyl groups is 1. The predicted molar refractivity (Wildman–Crippen MR) is 65.6 cm³/mol. The normalized spacial score (nSPS) is 27.4. The van der Waals surface area contributed by atoms with Crippen molar-refractivity contribution in [2.75, 3.05) is 46.0 Å². The quantitative estimate of drug-likeness (QED) is 0.749. The highest BCUT2D eigenvalue weighted by Crippen LogP contribution is 2.19. The molecule has 1 atom stereocenters. The third-order valence-corrected chi connectivity index (χ3v) is 3.92. The third-order valence-electron chi connectivity index (χ3n) is 3.92. The van der Waals surface area contributed by atoms with Gasteiger partial charge in [0.25, 0.3) is 0 Å². The van der Waals surface area contributed by atoms with Crippen LogP contribution in [0.4, 0.5) is 4.79 Å². The first-order valence-electron chi connectivity index (χ1n) is 6.61. The summed E-state index contributed by atoms with van der Waals surface area (Å²) in [7, 11) is 0. The predicted octanol–water partition coefficient (Wildman–Crippen LogP) is 0.0695. The van der Waals surface area contributed by atoms with Crippen LogP contribution in [-0.4, -0.2) is 78.1 Å². The van der Waals surface area contributed by atoms with Crippen molar-refractivity contribution in [3.63, 3.8) is 0 Å². The van der Waals surface area contributed by atoms with Crippen LogP contribution in [0, 0.1) is 5.92 Å². The van der Waals surface area contributed by atoms with Gasteiger partial charge in [0.15, 0.2) is 0 Å². The van der Waals surface area contributed by atoms with Crippen LogP contribution in [0.5, 0.6) is 0 Å². The van der Waals surface area contributed by atoms with Crippen LogP contribution in [0.1, 0.15) is 12.8 Å². The number of carbonyl (C=O) groups is 1. The van der Waals surface area contributed by atoms with Gasteiger partial charge in [0.05, 0.1) is 12.6 Å². The Kier molecular flexibility index (Phi) is 4.79. The van der Waals surface area contributed by atoms with E-state index in [1.54, 1.807) is 0 Å². The van der Waals surface area contributed by atoms with Crippen LogP contribution >= 0.6 is 0 Å². The summed E-state index contributed by atoms with van der Waals surface area (Å²) >= 11 is 0. The highest BCUT2D eigenvalue weighted by molar-refractivity contribution is 5.65. The molecule has 6 nitrogen and oxygen atoms in total. The van der Waals surface area contributed by atoms with Gasteiger partial charge in [-0.2, -0.15) is 0 Å². The van der Waals surface area contributed by atoms with Crippen molar-refractivity contribution < 1.29 is 19.7 Å². The molecule has 0 aromatic rings. The average molecular weight is 258 g/mol. The van der Waals surface area contributed by atoms with E-state index in [0.29, 0.717) is 19.0 Å². The summed E-state index contributed by atoms with van der Waals surface area (Å²) in [6, 6.07) is -0.0577. The number of aliphatic hydroxyl groups excluding tert-OH is 1. The fourth-order valence-electron chi connectivity index (χ4n) is 2.74. The van der Waals surface area contributed by atoms with Gasteiger partial charge in [0.2, 0.25) is 0 Å². The molecule has 0 aliphatic carbocycles. The molecule has 6 heteroatoms. The molecule has 1 amide bonds. The largest absolute Gasteiger partial charge is 0.465 e. The number of nitrogens with zero attached hydrogens (tertiary/aromatic N) is 2. The maximum absolute atomic E-state index is 10.9. The van der Waals surface area contributed by atoms with Gasteiger partial charge in [-0.15, -0.1) is 0 Å². The van der Waals surface area contributed by atoms with Crippen LogP contribution in [0.3, 0.4) is 0 Å². The lowest BCUT2D eigenvalue weighted by Crippen LogP contribution is -2.57. The van der Waals surface area contributed by atoms with E-state index in [0.717, 1.165) is 39.1 Å². The summed E-state index contributed by atoms with van der Waals surface area (Å²) in [6.07, 6.45) is 1.24. The number of rotatable bonds is 3. The first-order chi connectivity index (χ1) is 8.70. The summed E-state index contributed by atoms with van der Waals surface area (Å²) in [6.45, 7) is 4.28. The van der Waals surface area contributed by atoms with E-state index in [2.05, 4.69) is 4.90 Å². The van der Waals surface area contributed by atoms with Crippen LogP contribution in [0.25, 0.3) is 0 Å². The zero-order chi connectivity index (χ0) is 13.0. The van der Waals surface area contributed by atoms with E-state index < -0.39 is 6.09 Å². The molecule has 2 fully saturated rings. The fraction of sp³-hybridized carbons (Fsp3) is 0.917. The van der Waals surface area contributed by atoms with Gasteiger partial charge in [-0.3, -0.25) is 4.90 Å². The van der Waals surface area contributed by atoms with Gasteiger partial charge in [-0.05, 0) is 18.8 Å². The Labute approximate surface area is 107 Å². The maximum Gasteiger partial charge on any atom is 0.407 e. The molecular formula is C12H22N2O4. The molecule has 2 saturated heterocycles. The number of amides is 1. The lowest BCUT2D eigenvalue weighted by atomic mass is 9.98. The lowest BCUT2D eigenvalue weighted by molar-refractivity contribution is 0.00896. The molecule has 2 N–H and O–H groups in total. The molecular weight excluding hydrogens is 236 g/mol. The van der Waals surface area contributed by atoms with Crippen molar-refractivity contribution in [2.45, 2.75) is 18.9 Å². The van der Waals surface area contributed by atoms with Crippen LogP contribution in [0.2, 0.25) is 0 Å². The first-order valence-corrected chi connectivity index (χ1v) is 6.61. The Bertz CT molecular complexity index is 281. The molecule has 0 unspecified atom stereocenters. The van der Waals surface area contributed by atoms with Crippen molar-refractivity contribution in [3.8, 4) is 0 Å². The number of piperazine rings is 1. The lowest BCUT2D eigenvalue weighted by Gasteiger charge is -2.41. The van der Waals surface area contributed by atoms with Gasteiger partial charge in [-0.25, -0.2) is 4.79 Å². The Morgan fingerprint density at radius 1 is 1.28 bits per heavy atom. The molecule has 0 aromatic heterocycles. The molecule has 0 aromatic carbocycles. The number of hydrogen-bond donors (Lipinski definition) is 2. The van der Waals surface area contributed by atoms with E-state index >= 15 is 0 Å². The van der Waals surface area contributed by atoms with Crippen LogP contribution in [-0.2, 0) is 4.74 Å². The average Bonchev–Trinajstić information content (AvgIpc) is 2.40. The second-order valence-corrected chi connectivity index (χ2v) is 5.12. The van der Waals surface area contributed by atoms with Crippen molar-refractivity contribution in [1.29, 1.82) is 0 Å². The molecule has 0 spiro atoms. The Hall–Kier alpha value is -0.850. The topological polar surface area (TPSA) is 73.2 Å². The third kappa shape index (κ3) is 3.34. The molecule has 2 aliphatic rings. The van der Waals surface area contributed by atoms with Gasteiger partial charge in [-0.1, -0.05) is 0 Å². The minimum absolute atomic E-state index is 0.0208. The minimum Gasteiger partial charge on any atom is -0.465 e. The van der Waals surface area contributed by atoms with Crippen LogP contribution < -0.4 is 0 Å². The van der Waals surface area contributed by atoms with Gasteiger partial charge >= 0.3 is 6.09 Å². The second-order valence-electron chi connectivity index (χ2n) is 5.12. The summed E-state index contributed by atoms with van der Waals surface area (Å²) < 4.78 is 5.34. The molecule has 0 bridgehead atoms. The Balaban J connectivity index is 1.86. The molecule has 18 heavy (non-hydrogen) atoms. The maximum atomic E-state index is 10.9.